The zero-order valence-electron chi connectivity index (χ0n) is 7.63. The first kappa shape index (κ1) is 11.3. The number of aryl methyl sites for hydroxylation is 1. The third-order valence-electron chi connectivity index (χ3n) is 1.74. The SMILES string of the molecule is Cc1ccc(=N)n(CC(=O)C(Cl)Cl)c1. The number of rotatable bonds is 3. The molecule has 0 unspecified atom stereocenters. The maximum absolute atomic E-state index is 11.2. The van der Waals surface area contributed by atoms with Gasteiger partial charge in [-0.15, -0.1) is 0 Å². The average molecular weight is 233 g/mol. The normalized spacial score (nSPS) is 10.6. The van der Waals surface area contributed by atoms with Crippen molar-refractivity contribution in [3.05, 3.63) is 29.4 Å². The summed E-state index contributed by atoms with van der Waals surface area (Å²) in [6, 6.07) is 3.43. The van der Waals surface area contributed by atoms with Crippen LogP contribution < -0.4 is 5.49 Å². The number of pyridine rings is 1. The molecule has 0 saturated carbocycles. The fourth-order valence-corrected chi connectivity index (χ4v) is 1.17. The molecule has 0 aliphatic carbocycles. The van der Waals surface area contributed by atoms with Crippen molar-refractivity contribution >= 4 is 29.0 Å². The predicted octanol–water partition coefficient (Wildman–Crippen LogP) is 1.65. The highest BCUT2D eigenvalue weighted by molar-refractivity contribution is 6.53. The lowest BCUT2D eigenvalue weighted by molar-refractivity contribution is -0.118. The van der Waals surface area contributed by atoms with Gasteiger partial charge in [-0.1, -0.05) is 29.3 Å². The summed E-state index contributed by atoms with van der Waals surface area (Å²) in [5, 5.41) is 7.53. The van der Waals surface area contributed by atoms with Crippen LogP contribution in [0.4, 0.5) is 0 Å². The van der Waals surface area contributed by atoms with Crippen LogP contribution in [0.2, 0.25) is 0 Å². The highest BCUT2D eigenvalue weighted by Crippen LogP contribution is 2.04. The first-order chi connectivity index (χ1) is 6.50. The minimum absolute atomic E-state index is 0.0399. The van der Waals surface area contributed by atoms with Gasteiger partial charge in [-0.25, -0.2) is 0 Å². The standard InChI is InChI=1S/C9H10Cl2N2O/c1-6-2-3-8(12)13(4-6)5-7(14)9(10)11/h2-4,9,12H,5H2,1H3. The Morgan fingerprint density at radius 1 is 1.57 bits per heavy atom. The molecule has 1 aromatic rings. The summed E-state index contributed by atoms with van der Waals surface area (Å²) in [4.78, 5) is 10.2. The molecule has 0 bridgehead atoms. The van der Waals surface area contributed by atoms with E-state index in [9.17, 15) is 4.79 Å². The number of alkyl halides is 2. The number of Topliss-reactive ketones (excluding diaryl/α,β-unsaturated/α-hetero) is 1. The maximum Gasteiger partial charge on any atom is 0.185 e. The second-order valence-electron chi connectivity index (χ2n) is 2.99. The number of carbonyl (C=O) groups excluding carboxylic acids is 1. The fraction of sp³-hybridized carbons (Fsp3) is 0.333. The molecule has 76 valence electrons. The number of ketones is 1. The average Bonchev–Trinajstić information content (AvgIpc) is 2.11. The van der Waals surface area contributed by atoms with E-state index in [2.05, 4.69) is 0 Å². The largest absolute Gasteiger partial charge is 0.326 e. The molecule has 1 N–H and O–H groups in total. The Morgan fingerprint density at radius 3 is 2.79 bits per heavy atom. The van der Waals surface area contributed by atoms with Gasteiger partial charge in [0.25, 0.3) is 0 Å². The van der Waals surface area contributed by atoms with E-state index >= 15 is 0 Å². The topological polar surface area (TPSA) is 45.9 Å². The number of nitrogens with one attached hydrogen (secondary N) is 1. The smallest absolute Gasteiger partial charge is 0.185 e. The Morgan fingerprint density at radius 2 is 2.21 bits per heavy atom. The lowest BCUT2D eigenvalue weighted by Gasteiger charge is -2.07. The van der Waals surface area contributed by atoms with E-state index in [4.69, 9.17) is 28.6 Å². The molecule has 1 heterocycles. The zero-order valence-corrected chi connectivity index (χ0v) is 9.14. The molecule has 1 rings (SSSR count). The molecule has 14 heavy (non-hydrogen) atoms. The van der Waals surface area contributed by atoms with Crippen molar-refractivity contribution < 1.29 is 4.79 Å². The van der Waals surface area contributed by atoms with Crippen LogP contribution in [0.15, 0.2) is 18.3 Å². The number of halogens is 2. The quantitative estimate of drug-likeness (QED) is 0.792. The first-order valence-corrected chi connectivity index (χ1v) is 4.90. The third-order valence-corrected chi connectivity index (χ3v) is 2.23. The van der Waals surface area contributed by atoms with Gasteiger partial charge >= 0.3 is 0 Å². The van der Waals surface area contributed by atoms with E-state index in [1.807, 2.05) is 13.0 Å². The Bertz CT molecular complexity index is 398. The van der Waals surface area contributed by atoms with Crippen molar-refractivity contribution in [3.8, 4) is 0 Å². The van der Waals surface area contributed by atoms with Crippen molar-refractivity contribution in [2.45, 2.75) is 18.3 Å². The maximum atomic E-state index is 11.2. The van der Waals surface area contributed by atoms with Crippen LogP contribution in [0.1, 0.15) is 5.56 Å². The van der Waals surface area contributed by atoms with Crippen LogP contribution in [-0.2, 0) is 11.3 Å². The second kappa shape index (κ2) is 4.62. The molecular formula is C9H10Cl2N2O. The van der Waals surface area contributed by atoms with Crippen molar-refractivity contribution in [1.82, 2.24) is 4.57 Å². The molecule has 0 aliphatic rings. The van der Waals surface area contributed by atoms with Crippen molar-refractivity contribution in [3.63, 3.8) is 0 Å². The molecule has 1 aromatic heterocycles. The van der Waals surface area contributed by atoms with E-state index in [-0.39, 0.29) is 17.8 Å². The summed E-state index contributed by atoms with van der Waals surface area (Å²) in [6.45, 7) is 1.93. The lowest BCUT2D eigenvalue weighted by atomic mass is 10.3. The number of aromatic nitrogens is 1. The van der Waals surface area contributed by atoms with Crippen LogP contribution >= 0.6 is 23.2 Å². The molecule has 0 fully saturated rings. The van der Waals surface area contributed by atoms with E-state index in [1.54, 1.807) is 12.3 Å². The van der Waals surface area contributed by atoms with E-state index in [0.29, 0.717) is 0 Å². The van der Waals surface area contributed by atoms with E-state index in [1.165, 1.54) is 4.57 Å². The summed E-state index contributed by atoms with van der Waals surface area (Å²) < 4.78 is 1.51. The zero-order chi connectivity index (χ0) is 10.7. The molecular weight excluding hydrogens is 223 g/mol. The monoisotopic (exact) mass is 232 g/mol. The summed E-state index contributed by atoms with van der Waals surface area (Å²) in [5.74, 6) is -0.308. The van der Waals surface area contributed by atoms with Gasteiger partial charge in [0.2, 0.25) is 0 Å². The van der Waals surface area contributed by atoms with Crippen LogP contribution in [0.5, 0.6) is 0 Å². The molecule has 0 aliphatic heterocycles. The summed E-state index contributed by atoms with van der Waals surface area (Å²) in [5.41, 5.74) is 1.24. The van der Waals surface area contributed by atoms with Gasteiger partial charge in [0.05, 0.1) is 6.54 Å². The van der Waals surface area contributed by atoms with Crippen LogP contribution in [0.25, 0.3) is 0 Å². The van der Waals surface area contributed by atoms with Crippen LogP contribution in [-0.4, -0.2) is 15.2 Å². The van der Waals surface area contributed by atoms with Gasteiger partial charge in [-0.05, 0) is 18.6 Å². The second-order valence-corrected chi connectivity index (χ2v) is 4.08. The highest BCUT2D eigenvalue weighted by atomic mass is 35.5. The van der Waals surface area contributed by atoms with Crippen molar-refractivity contribution in [2.75, 3.05) is 0 Å². The van der Waals surface area contributed by atoms with Gasteiger partial charge in [0, 0.05) is 6.20 Å². The van der Waals surface area contributed by atoms with Gasteiger partial charge in [0.1, 0.15) is 5.49 Å². The molecule has 0 spiro atoms. The molecule has 0 amide bonds. The van der Waals surface area contributed by atoms with Gasteiger partial charge < -0.3 is 4.57 Å². The summed E-state index contributed by atoms with van der Waals surface area (Å²) in [6.07, 6.45) is 1.72. The first-order valence-electron chi connectivity index (χ1n) is 4.03. The third kappa shape index (κ3) is 2.86. The molecule has 0 saturated heterocycles. The number of carbonyl (C=O) groups is 1. The van der Waals surface area contributed by atoms with Crippen LogP contribution in [0.3, 0.4) is 0 Å². The molecule has 5 heteroatoms. The Balaban J connectivity index is 2.92. The fourth-order valence-electron chi connectivity index (χ4n) is 1.03. The van der Waals surface area contributed by atoms with Gasteiger partial charge in [-0.3, -0.25) is 10.2 Å². The molecule has 0 aromatic carbocycles. The van der Waals surface area contributed by atoms with Crippen molar-refractivity contribution in [1.29, 1.82) is 5.41 Å². The van der Waals surface area contributed by atoms with Gasteiger partial charge in [-0.2, -0.15) is 0 Å². The minimum Gasteiger partial charge on any atom is -0.326 e. The van der Waals surface area contributed by atoms with E-state index < -0.39 is 4.84 Å². The highest BCUT2D eigenvalue weighted by Gasteiger charge is 2.11. The summed E-state index contributed by atoms with van der Waals surface area (Å²) >= 11 is 10.8. The summed E-state index contributed by atoms with van der Waals surface area (Å²) in [7, 11) is 0. The Kier molecular flexibility index (Phi) is 3.72. The Labute approximate surface area is 91.8 Å². The Hall–Kier alpha value is -0.800. The lowest BCUT2D eigenvalue weighted by Crippen LogP contribution is -2.25. The number of nitrogens with zero attached hydrogens (tertiary/aromatic N) is 1. The predicted molar refractivity (Wildman–Crippen MR) is 55.5 cm³/mol. The molecule has 0 atom stereocenters. The molecule has 0 radical (unpaired) electrons. The van der Waals surface area contributed by atoms with E-state index in [0.717, 1.165) is 5.56 Å². The van der Waals surface area contributed by atoms with Crippen LogP contribution in [0, 0.1) is 12.3 Å². The number of hydrogen-bond donors (Lipinski definition) is 1. The van der Waals surface area contributed by atoms with Crippen molar-refractivity contribution in [2.24, 2.45) is 0 Å². The minimum atomic E-state index is -1.03. The van der Waals surface area contributed by atoms with Gasteiger partial charge in [0.15, 0.2) is 10.6 Å². The number of hydrogen-bond acceptors (Lipinski definition) is 2. The molecule has 3 nitrogen and oxygen atoms in total.